The molecule has 0 unspecified atom stereocenters. The van der Waals surface area contributed by atoms with Crippen molar-refractivity contribution in [3.8, 4) is 12.3 Å². The standard InChI is InChI=1S/C13H14ClN5O/c1-3-8-19-13(20)12(11(14)9-17-19)15-6-4-10-5-7-16-18(10)2/h1,5,7,9,15H,4,6,8H2,2H3. The van der Waals surface area contributed by atoms with Crippen LogP contribution in [0.15, 0.2) is 23.3 Å². The Hall–Kier alpha value is -2.26. The Morgan fingerprint density at radius 2 is 2.30 bits per heavy atom. The maximum atomic E-state index is 12.1. The first kappa shape index (κ1) is 14.2. The summed E-state index contributed by atoms with van der Waals surface area (Å²) >= 11 is 5.99. The molecule has 2 aromatic rings. The van der Waals surface area contributed by atoms with Crippen LogP contribution in [-0.4, -0.2) is 26.1 Å². The molecule has 0 radical (unpaired) electrons. The van der Waals surface area contributed by atoms with Gasteiger partial charge in [-0.2, -0.15) is 10.2 Å². The molecule has 20 heavy (non-hydrogen) atoms. The summed E-state index contributed by atoms with van der Waals surface area (Å²) < 4.78 is 2.98. The van der Waals surface area contributed by atoms with E-state index in [4.69, 9.17) is 18.0 Å². The molecule has 0 spiro atoms. The third-order valence-electron chi connectivity index (χ3n) is 2.84. The van der Waals surface area contributed by atoms with E-state index >= 15 is 0 Å². The topological polar surface area (TPSA) is 64.7 Å². The van der Waals surface area contributed by atoms with Gasteiger partial charge in [0.2, 0.25) is 0 Å². The Balaban J connectivity index is 2.10. The van der Waals surface area contributed by atoms with Gasteiger partial charge in [0.15, 0.2) is 0 Å². The van der Waals surface area contributed by atoms with Crippen molar-refractivity contribution in [1.82, 2.24) is 19.6 Å². The van der Waals surface area contributed by atoms with Crippen molar-refractivity contribution < 1.29 is 0 Å². The number of aryl methyl sites for hydroxylation is 1. The van der Waals surface area contributed by atoms with Crippen molar-refractivity contribution in [2.24, 2.45) is 7.05 Å². The molecule has 0 saturated carbocycles. The largest absolute Gasteiger partial charge is 0.379 e. The predicted molar refractivity (Wildman–Crippen MR) is 77.7 cm³/mol. The van der Waals surface area contributed by atoms with Crippen LogP contribution in [0.5, 0.6) is 0 Å². The van der Waals surface area contributed by atoms with E-state index in [0.29, 0.717) is 12.2 Å². The van der Waals surface area contributed by atoms with E-state index in [9.17, 15) is 4.79 Å². The van der Waals surface area contributed by atoms with Gasteiger partial charge in [0.1, 0.15) is 12.2 Å². The Morgan fingerprint density at radius 3 is 2.95 bits per heavy atom. The van der Waals surface area contributed by atoms with Gasteiger partial charge in [0.05, 0.1) is 11.2 Å². The number of hydrogen-bond donors (Lipinski definition) is 1. The molecule has 2 heterocycles. The molecule has 1 N–H and O–H groups in total. The lowest BCUT2D eigenvalue weighted by Gasteiger charge is -2.09. The Bertz CT molecular complexity index is 698. The summed E-state index contributed by atoms with van der Waals surface area (Å²) in [6, 6.07) is 1.92. The number of rotatable bonds is 5. The predicted octanol–water partition coefficient (Wildman–Crippen LogP) is 0.918. The lowest BCUT2D eigenvalue weighted by molar-refractivity contribution is 0.663. The van der Waals surface area contributed by atoms with Crippen molar-refractivity contribution >= 4 is 17.3 Å². The van der Waals surface area contributed by atoms with Gasteiger partial charge in [-0.15, -0.1) is 6.42 Å². The molecular formula is C13H14ClN5O. The summed E-state index contributed by atoms with van der Waals surface area (Å²) in [6.45, 7) is 0.682. The number of nitrogens with zero attached hydrogens (tertiary/aromatic N) is 4. The van der Waals surface area contributed by atoms with Crippen LogP contribution in [0, 0.1) is 12.3 Å². The van der Waals surface area contributed by atoms with Crippen molar-refractivity contribution in [3.05, 3.63) is 39.5 Å². The second-order valence-electron chi connectivity index (χ2n) is 4.16. The first-order chi connectivity index (χ1) is 9.63. The molecule has 0 atom stereocenters. The summed E-state index contributed by atoms with van der Waals surface area (Å²) in [5, 5.41) is 11.3. The van der Waals surface area contributed by atoms with Crippen LogP contribution >= 0.6 is 11.6 Å². The van der Waals surface area contributed by atoms with Crippen molar-refractivity contribution in [1.29, 1.82) is 0 Å². The Labute approximate surface area is 121 Å². The lowest BCUT2D eigenvalue weighted by Crippen LogP contribution is -2.26. The highest BCUT2D eigenvalue weighted by Crippen LogP contribution is 2.14. The van der Waals surface area contributed by atoms with E-state index < -0.39 is 0 Å². The van der Waals surface area contributed by atoms with Crippen molar-refractivity contribution in [3.63, 3.8) is 0 Å². The molecule has 2 aromatic heterocycles. The normalized spacial score (nSPS) is 10.2. The average Bonchev–Trinajstić information content (AvgIpc) is 2.83. The zero-order valence-electron chi connectivity index (χ0n) is 11.0. The van der Waals surface area contributed by atoms with Crippen LogP contribution in [0.25, 0.3) is 0 Å². The number of aromatic nitrogens is 4. The van der Waals surface area contributed by atoms with Gasteiger partial charge in [0, 0.05) is 31.9 Å². The van der Waals surface area contributed by atoms with Crippen LogP contribution in [0.3, 0.4) is 0 Å². The molecule has 0 bridgehead atoms. The minimum absolute atomic E-state index is 0.117. The third kappa shape index (κ3) is 3.00. The SMILES string of the molecule is C#CCn1ncc(Cl)c(NCCc2ccnn2C)c1=O. The van der Waals surface area contributed by atoms with E-state index in [0.717, 1.165) is 12.1 Å². The van der Waals surface area contributed by atoms with Crippen molar-refractivity contribution in [2.75, 3.05) is 11.9 Å². The molecule has 0 aliphatic heterocycles. The molecule has 104 valence electrons. The highest BCUT2D eigenvalue weighted by Gasteiger charge is 2.09. The maximum absolute atomic E-state index is 12.1. The molecule has 0 aliphatic carbocycles. The third-order valence-corrected chi connectivity index (χ3v) is 3.13. The fourth-order valence-corrected chi connectivity index (χ4v) is 1.98. The van der Waals surface area contributed by atoms with Crippen LogP contribution in [-0.2, 0) is 20.0 Å². The molecule has 0 aromatic carbocycles. The molecule has 0 amide bonds. The first-order valence-electron chi connectivity index (χ1n) is 6.03. The number of nitrogens with one attached hydrogen (secondary N) is 1. The molecule has 2 rings (SSSR count). The van der Waals surface area contributed by atoms with E-state index in [1.165, 1.54) is 10.9 Å². The van der Waals surface area contributed by atoms with Crippen LogP contribution in [0.4, 0.5) is 5.69 Å². The van der Waals surface area contributed by atoms with Gasteiger partial charge in [-0.3, -0.25) is 9.48 Å². The van der Waals surface area contributed by atoms with Gasteiger partial charge in [-0.1, -0.05) is 17.5 Å². The highest BCUT2D eigenvalue weighted by atomic mass is 35.5. The van der Waals surface area contributed by atoms with Gasteiger partial charge in [-0.05, 0) is 6.07 Å². The summed E-state index contributed by atoms with van der Waals surface area (Å²) in [4.78, 5) is 12.1. The first-order valence-corrected chi connectivity index (χ1v) is 6.41. The smallest absolute Gasteiger partial charge is 0.292 e. The second kappa shape index (κ2) is 6.26. The van der Waals surface area contributed by atoms with Gasteiger partial charge < -0.3 is 5.32 Å². The number of terminal acetylenes is 1. The van der Waals surface area contributed by atoms with E-state index in [2.05, 4.69) is 21.4 Å². The Morgan fingerprint density at radius 1 is 1.50 bits per heavy atom. The average molecular weight is 292 g/mol. The van der Waals surface area contributed by atoms with E-state index in [1.54, 1.807) is 10.9 Å². The summed E-state index contributed by atoms with van der Waals surface area (Å²) in [5.41, 5.74) is 1.06. The fourth-order valence-electron chi connectivity index (χ4n) is 1.79. The van der Waals surface area contributed by atoms with E-state index in [-0.39, 0.29) is 17.1 Å². The second-order valence-corrected chi connectivity index (χ2v) is 4.56. The molecule has 7 heteroatoms. The summed E-state index contributed by atoms with van der Waals surface area (Å²) in [6.07, 6.45) is 9.05. The Kier molecular flexibility index (Phi) is 4.43. The maximum Gasteiger partial charge on any atom is 0.292 e. The van der Waals surface area contributed by atoms with Gasteiger partial charge >= 0.3 is 0 Å². The molecule has 6 nitrogen and oxygen atoms in total. The molecule has 0 aliphatic rings. The minimum Gasteiger partial charge on any atom is -0.379 e. The zero-order chi connectivity index (χ0) is 14.5. The van der Waals surface area contributed by atoms with Crippen LogP contribution < -0.4 is 10.9 Å². The molecular weight excluding hydrogens is 278 g/mol. The minimum atomic E-state index is -0.319. The quantitative estimate of drug-likeness (QED) is 0.832. The fraction of sp³-hybridized carbons (Fsp3) is 0.308. The molecule has 0 saturated heterocycles. The summed E-state index contributed by atoms with van der Waals surface area (Å²) in [7, 11) is 1.87. The van der Waals surface area contributed by atoms with Crippen LogP contribution in [0.2, 0.25) is 5.02 Å². The van der Waals surface area contributed by atoms with Crippen LogP contribution in [0.1, 0.15) is 5.69 Å². The summed E-state index contributed by atoms with van der Waals surface area (Å²) in [5.74, 6) is 2.38. The molecule has 0 fully saturated rings. The monoisotopic (exact) mass is 291 g/mol. The number of hydrogen-bond acceptors (Lipinski definition) is 4. The van der Waals surface area contributed by atoms with E-state index in [1.807, 2.05) is 13.1 Å². The number of halogens is 1. The number of anilines is 1. The van der Waals surface area contributed by atoms with Gasteiger partial charge in [0.25, 0.3) is 5.56 Å². The van der Waals surface area contributed by atoms with Gasteiger partial charge in [-0.25, -0.2) is 4.68 Å². The highest BCUT2D eigenvalue weighted by molar-refractivity contribution is 6.32. The zero-order valence-corrected chi connectivity index (χ0v) is 11.8. The lowest BCUT2D eigenvalue weighted by atomic mass is 10.3. The van der Waals surface area contributed by atoms with Crippen molar-refractivity contribution in [2.45, 2.75) is 13.0 Å².